The zero-order chi connectivity index (χ0) is 77.5. The molecule has 0 saturated heterocycles. The second-order valence-electron chi connectivity index (χ2n) is 26.1. The summed E-state index contributed by atoms with van der Waals surface area (Å²) in [5.41, 5.74) is 39.6. The van der Waals surface area contributed by atoms with Gasteiger partial charge in [-0.15, -0.1) is 0 Å². The third-order valence-corrected chi connectivity index (χ3v) is 16.2. The molecule has 0 aliphatic rings. The number of nitrogens with zero attached hydrogens (tertiary/aromatic N) is 1. The number of nitrogens with two attached hydrogens (primary N) is 7. The van der Waals surface area contributed by atoms with E-state index in [9.17, 15) is 87.2 Å². The normalized spacial score (nSPS) is 14.7. The van der Waals surface area contributed by atoms with Gasteiger partial charge < -0.3 is 114 Å². The molecule has 102 heavy (non-hydrogen) atoms. The predicted molar refractivity (Wildman–Crippen MR) is 373 cm³/mol. The monoisotopic (exact) mass is 1450 g/mol. The van der Waals surface area contributed by atoms with E-state index < -0.39 is 199 Å². The lowest BCUT2D eigenvalue weighted by Gasteiger charge is -2.30. The molecule has 0 saturated carbocycles. The van der Waals surface area contributed by atoms with Crippen LogP contribution in [0.25, 0.3) is 0 Å². The fraction of sp³-hybridized carbons (Fsp3) is 0.662. The second-order valence-corrected chi connectivity index (χ2v) is 26.1. The number of hydrogen-bond donors (Lipinski definition) is 21. The highest BCUT2D eigenvalue weighted by Gasteiger charge is 2.38. The number of carbonyl (C=O) groups excluding carboxylic acids is 13. The first-order valence-electron chi connectivity index (χ1n) is 34.2. The van der Waals surface area contributed by atoms with Gasteiger partial charge in [0.05, 0.1) is 19.0 Å². The number of carboxylic acids is 2. The summed E-state index contributed by atoms with van der Waals surface area (Å²) in [6, 6.07) is -10.2. The van der Waals surface area contributed by atoms with Gasteiger partial charge in [-0.25, -0.2) is 4.79 Å². The van der Waals surface area contributed by atoms with Gasteiger partial charge in [-0.1, -0.05) is 73.9 Å². The number of primary amides is 2. The van der Waals surface area contributed by atoms with Crippen LogP contribution in [-0.4, -0.2) is 203 Å². The number of benzene rings is 1. The van der Waals surface area contributed by atoms with Crippen molar-refractivity contribution in [3.8, 4) is 5.75 Å². The summed E-state index contributed by atoms with van der Waals surface area (Å²) in [5.74, 6) is -17.6. The molecule has 13 amide bonds. The number of amides is 13. The summed E-state index contributed by atoms with van der Waals surface area (Å²) in [6.07, 6.45) is -0.886. The lowest BCUT2D eigenvalue weighted by molar-refractivity contribution is -0.143. The molecule has 0 spiro atoms. The lowest BCUT2D eigenvalue weighted by Crippen LogP contribution is -2.61. The molecule has 28 N–H and O–H groups in total. The highest BCUT2D eigenvalue weighted by molar-refractivity contribution is 6.00. The smallest absolute Gasteiger partial charge is 0.326 e. The molecule has 37 heteroatoms. The molecule has 0 heterocycles. The van der Waals surface area contributed by atoms with Crippen LogP contribution >= 0.6 is 0 Å². The van der Waals surface area contributed by atoms with Crippen molar-refractivity contribution in [2.45, 2.75) is 225 Å². The molecule has 0 aliphatic carbocycles. The fourth-order valence-corrected chi connectivity index (χ4v) is 10.1. The molecule has 1 aromatic carbocycles. The van der Waals surface area contributed by atoms with Crippen LogP contribution in [0.5, 0.6) is 5.75 Å². The van der Waals surface area contributed by atoms with Crippen LogP contribution in [0.1, 0.15) is 157 Å². The number of aromatic hydroxyl groups is 1. The molecule has 1 aromatic rings. The van der Waals surface area contributed by atoms with Crippen molar-refractivity contribution in [3.63, 3.8) is 0 Å². The Morgan fingerprint density at radius 1 is 0.461 bits per heavy atom. The number of unbranched alkanes of at least 4 members (excludes halogenated alkanes) is 2. The van der Waals surface area contributed by atoms with E-state index in [0.29, 0.717) is 37.7 Å². The summed E-state index contributed by atoms with van der Waals surface area (Å²) in [6.45, 7) is 12.6. The lowest BCUT2D eigenvalue weighted by atomic mass is 9.96. The molecule has 0 unspecified atom stereocenters. The predicted octanol–water partition coefficient (Wildman–Crippen LogP) is -4.97. The maximum absolute atomic E-state index is 14.3. The van der Waals surface area contributed by atoms with E-state index in [0.717, 1.165) is 0 Å². The Balaban J connectivity index is 3.47. The van der Waals surface area contributed by atoms with E-state index in [-0.39, 0.29) is 88.6 Å². The van der Waals surface area contributed by atoms with E-state index in [4.69, 9.17) is 40.1 Å². The van der Waals surface area contributed by atoms with Gasteiger partial charge in [0.25, 0.3) is 0 Å². The Bertz CT molecular complexity index is 3000. The average molecular weight is 1450 g/mol. The maximum atomic E-state index is 14.3. The van der Waals surface area contributed by atoms with E-state index in [1.54, 1.807) is 41.5 Å². The Hall–Kier alpha value is -9.78. The van der Waals surface area contributed by atoms with Gasteiger partial charge in [-0.3, -0.25) is 72.1 Å². The third-order valence-electron chi connectivity index (χ3n) is 16.2. The van der Waals surface area contributed by atoms with Crippen LogP contribution in [0, 0.1) is 23.7 Å². The van der Waals surface area contributed by atoms with Crippen molar-refractivity contribution in [3.05, 3.63) is 29.8 Å². The van der Waals surface area contributed by atoms with Crippen molar-refractivity contribution in [2.75, 3.05) is 26.2 Å². The quantitative estimate of drug-likeness (QED) is 0.0165. The second kappa shape index (κ2) is 47.4. The molecule has 12 atom stereocenters. The zero-order valence-electron chi connectivity index (χ0n) is 59.6. The zero-order valence-corrected chi connectivity index (χ0v) is 59.6. The van der Waals surface area contributed by atoms with Gasteiger partial charge in [0.1, 0.15) is 66.2 Å². The molecular formula is C65H111N19O18. The van der Waals surface area contributed by atoms with Crippen molar-refractivity contribution in [1.82, 2.24) is 58.5 Å². The van der Waals surface area contributed by atoms with Crippen LogP contribution in [0.4, 0.5) is 0 Å². The number of carbonyl (C=O) groups is 15. The van der Waals surface area contributed by atoms with Gasteiger partial charge in [0.2, 0.25) is 76.8 Å². The molecule has 0 bridgehead atoms. The molecular weight excluding hydrogens is 1330 g/mol. The van der Waals surface area contributed by atoms with Gasteiger partial charge in [-0.05, 0) is 125 Å². The molecule has 0 aliphatic heterocycles. The number of carboxylic acid groups (broad SMARTS) is 2. The topological polar surface area (TPSA) is 644 Å². The molecule has 0 aromatic heterocycles. The Morgan fingerprint density at radius 2 is 0.902 bits per heavy atom. The Labute approximate surface area is 593 Å². The minimum atomic E-state index is -1.81. The molecule has 0 radical (unpaired) electrons. The largest absolute Gasteiger partial charge is 0.508 e. The number of rotatable bonds is 51. The van der Waals surface area contributed by atoms with Crippen LogP contribution in [-0.2, 0) is 78.3 Å². The van der Waals surface area contributed by atoms with Crippen LogP contribution in [0.2, 0.25) is 0 Å². The highest BCUT2D eigenvalue weighted by Crippen LogP contribution is 2.17. The SMILES string of the molecule is CC[C@H](C)[C@H](NC(=O)[C@H](CCCCN)NC(=O)[C@H](CCCCN)NC(=O)CNC(=O)[C@@H](CC(N)=O)NC(=O)[C@@H](NC(=O)[C@H](CCC(=O)O)NC(=O)[C@@H](NC(=O)[C@H](Cc1ccc(O)cc1)NC(=O)[C@@H](N)CCCN=C(N)N)C(C)C)C(C)C)C(=O)N[C@@H](CC(C)C)C(=O)N[C@@H](CCC(N)=O)C(=O)O. The van der Waals surface area contributed by atoms with Gasteiger partial charge in [0.15, 0.2) is 5.96 Å². The first-order chi connectivity index (χ1) is 47.8. The summed E-state index contributed by atoms with van der Waals surface area (Å²) < 4.78 is 0. The van der Waals surface area contributed by atoms with Crippen molar-refractivity contribution >= 4 is 94.7 Å². The summed E-state index contributed by atoms with van der Waals surface area (Å²) in [4.78, 5) is 205. The first kappa shape index (κ1) is 90.2. The molecule has 1 rings (SSSR count). The number of phenolic OH excluding ortho intramolecular Hbond substituents is 1. The fourth-order valence-electron chi connectivity index (χ4n) is 10.1. The van der Waals surface area contributed by atoms with Crippen LogP contribution < -0.4 is 98.6 Å². The molecule has 37 nitrogen and oxygen atoms in total. The molecule has 574 valence electrons. The van der Waals surface area contributed by atoms with Gasteiger partial charge >= 0.3 is 11.9 Å². The molecule has 0 fully saturated rings. The van der Waals surface area contributed by atoms with Crippen molar-refractivity contribution < 1.29 is 87.2 Å². The summed E-state index contributed by atoms with van der Waals surface area (Å²) in [5, 5.41) is 56.8. The first-order valence-corrected chi connectivity index (χ1v) is 34.2. The number of nitrogens with one attached hydrogen (secondary N) is 11. The standard InChI is InChI=1S/C65H111N19O18/c1-9-36(8)53(63(100)80-44(29-33(2)3)59(96)78-43(64(101)102)22-24-47(69)86)84-57(94)41(17-11-13-27-67)76-56(93)40(16-10-12-26-66)75-49(88)32-74-55(92)46(31-48(70)87)81-62(99)52(35(6)7)82-58(95)42(23-25-50(89)90)77-61(98)51(34(4)5)83-60(97)45(30-37-18-20-38(85)21-19-37)79-54(91)39(68)15-14-28-73-65(71)72/h18-21,33-36,39-46,51-53,85H,9-17,22-32,66-68H2,1-8H3,(H2,69,86)(H2,70,87)(H,74,92)(H,75,88)(H,76,93)(H,77,98)(H,78,96)(H,79,91)(H,80,100)(H,81,99)(H,82,95)(H,83,97)(H,84,94)(H,89,90)(H,101,102)(H4,71,72,73)/t36-,39-,40-,41-,42-,43-,44-,45-,46+,51-,52-,53-/m0/s1. The number of aliphatic imine (C=N–C) groups is 1. The third kappa shape index (κ3) is 35.5. The maximum Gasteiger partial charge on any atom is 0.326 e. The van der Waals surface area contributed by atoms with Crippen molar-refractivity contribution in [2.24, 2.45) is 68.8 Å². The average Bonchev–Trinajstić information content (AvgIpc) is 0.854. The van der Waals surface area contributed by atoms with E-state index in [1.165, 1.54) is 38.1 Å². The van der Waals surface area contributed by atoms with Crippen LogP contribution in [0.3, 0.4) is 0 Å². The number of hydrogen-bond acceptors (Lipinski definition) is 20. The minimum absolute atomic E-state index is 0.0153. The van der Waals surface area contributed by atoms with E-state index in [1.807, 2.05) is 0 Å². The minimum Gasteiger partial charge on any atom is -0.508 e. The highest BCUT2D eigenvalue weighted by atomic mass is 16.4. The van der Waals surface area contributed by atoms with Crippen molar-refractivity contribution in [1.29, 1.82) is 0 Å². The van der Waals surface area contributed by atoms with E-state index in [2.05, 4.69) is 63.5 Å². The van der Waals surface area contributed by atoms with Crippen LogP contribution in [0.15, 0.2) is 29.3 Å². The number of guanidine groups is 1. The number of aliphatic carboxylic acids is 2. The van der Waals surface area contributed by atoms with E-state index >= 15 is 0 Å². The number of phenols is 1. The summed E-state index contributed by atoms with van der Waals surface area (Å²) in [7, 11) is 0. The summed E-state index contributed by atoms with van der Waals surface area (Å²) >= 11 is 0. The Kier molecular flexibility index (Phi) is 41.9. The van der Waals surface area contributed by atoms with Gasteiger partial charge in [0, 0.05) is 25.8 Å². The van der Waals surface area contributed by atoms with Gasteiger partial charge in [-0.2, -0.15) is 0 Å². The Morgan fingerprint density at radius 3 is 1.38 bits per heavy atom.